The van der Waals surface area contributed by atoms with Crippen LogP contribution in [0.3, 0.4) is 0 Å². The van der Waals surface area contributed by atoms with Crippen LogP contribution in [0.2, 0.25) is 0 Å². The Balaban J connectivity index is 1.66. The lowest BCUT2D eigenvalue weighted by atomic mass is 10.1. The van der Waals surface area contributed by atoms with Crippen LogP contribution >= 0.6 is 0 Å². The van der Waals surface area contributed by atoms with Crippen molar-refractivity contribution in [3.63, 3.8) is 0 Å². The van der Waals surface area contributed by atoms with Crippen molar-refractivity contribution in [1.82, 2.24) is 10.2 Å². The highest BCUT2D eigenvalue weighted by molar-refractivity contribution is 6.04. The number of halogens is 1. The van der Waals surface area contributed by atoms with Gasteiger partial charge in [-0.3, -0.25) is 9.69 Å². The fourth-order valence-corrected chi connectivity index (χ4v) is 2.70. The normalized spacial score (nSPS) is 18.6. The average Bonchev–Trinajstić information content (AvgIpc) is 2.84. The van der Waals surface area contributed by atoms with Crippen molar-refractivity contribution in [1.29, 1.82) is 0 Å². The molecule has 5 nitrogen and oxygen atoms in total. The van der Waals surface area contributed by atoms with Gasteiger partial charge in [0.2, 0.25) is 0 Å². The summed E-state index contributed by atoms with van der Waals surface area (Å²) in [5.41, 5.74) is 1.39. The predicted molar refractivity (Wildman–Crippen MR) is 85.5 cm³/mol. The first-order valence-corrected chi connectivity index (χ1v) is 7.64. The molecule has 3 rings (SSSR count). The number of carbonyl (C=O) groups excluding carboxylic acids is 2. The molecule has 1 aliphatic heterocycles. The summed E-state index contributed by atoms with van der Waals surface area (Å²) in [6.45, 7) is -0.165. The first kappa shape index (κ1) is 16.1. The van der Waals surface area contributed by atoms with Gasteiger partial charge in [0.05, 0.1) is 12.6 Å². The summed E-state index contributed by atoms with van der Waals surface area (Å²) in [6, 6.07) is 13.5. The predicted octanol–water partition coefficient (Wildman–Crippen LogP) is 2.02. The lowest BCUT2D eigenvalue weighted by Crippen LogP contribution is -2.35. The van der Waals surface area contributed by atoms with E-state index in [2.05, 4.69) is 5.32 Å². The van der Waals surface area contributed by atoms with Crippen LogP contribution < -0.4 is 5.32 Å². The van der Waals surface area contributed by atoms with E-state index >= 15 is 0 Å². The molecule has 0 aliphatic carbocycles. The summed E-state index contributed by atoms with van der Waals surface area (Å²) in [7, 11) is 0. The highest BCUT2D eigenvalue weighted by Crippen LogP contribution is 2.19. The quantitative estimate of drug-likeness (QED) is 0.825. The fourth-order valence-electron chi connectivity index (χ4n) is 2.70. The summed E-state index contributed by atoms with van der Waals surface area (Å²) in [6.07, 6.45) is -0.662. The van der Waals surface area contributed by atoms with Gasteiger partial charge in [-0.15, -0.1) is 0 Å². The van der Waals surface area contributed by atoms with E-state index in [0.29, 0.717) is 12.0 Å². The van der Waals surface area contributed by atoms with Gasteiger partial charge in [-0.1, -0.05) is 42.5 Å². The van der Waals surface area contributed by atoms with Gasteiger partial charge in [-0.2, -0.15) is 0 Å². The Morgan fingerprint density at radius 3 is 2.42 bits per heavy atom. The van der Waals surface area contributed by atoms with Crippen molar-refractivity contribution >= 4 is 11.9 Å². The topological polar surface area (TPSA) is 69.6 Å². The zero-order valence-corrected chi connectivity index (χ0v) is 12.9. The van der Waals surface area contributed by atoms with Crippen LogP contribution in [-0.2, 0) is 11.2 Å². The van der Waals surface area contributed by atoms with Crippen LogP contribution in [0, 0.1) is 5.82 Å². The summed E-state index contributed by atoms with van der Waals surface area (Å²) >= 11 is 0. The standard InChI is InChI=1S/C18H17FN2O3/c19-14-8-6-13(7-9-14)16(22)11-21-17(23)15(20-18(21)24)10-12-4-2-1-3-5-12/h1-9,15-16,22H,10-11H2,(H,20,24). The van der Waals surface area contributed by atoms with Gasteiger partial charge in [0.25, 0.3) is 5.91 Å². The van der Waals surface area contributed by atoms with Gasteiger partial charge in [0, 0.05) is 6.42 Å². The number of hydrogen-bond acceptors (Lipinski definition) is 3. The van der Waals surface area contributed by atoms with Crippen LogP contribution in [-0.4, -0.2) is 34.5 Å². The molecule has 124 valence electrons. The first-order valence-electron chi connectivity index (χ1n) is 7.64. The average molecular weight is 328 g/mol. The van der Waals surface area contributed by atoms with Crippen molar-refractivity contribution in [2.75, 3.05) is 6.54 Å². The number of aliphatic hydroxyl groups is 1. The molecule has 1 fully saturated rings. The molecule has 0 aromatic heterocycles. The number of hydrogen-bond donors (Lipinski definition) is 2. The minimum Gasteiger partial charge on any atom is -0.387 e. The van der Waals surface area contributed by atoms with Gasteiger partial charge in [0.15, 0.2) is 0 Å². The van der Waals surface area contributed by atoms with Gasteiger partial charge < -0.3 is 10.4 Å². The van der Waals surface area contributed by atoms with E-state index in [1.807, 2.05) is 30.3 Å². The highest BCUT2D eigenvalue weighted by Gasteiger charge is 2.38. The minimum absolute atomic E-state index is 0.165. The number of nitrogens with one attached hydrogen (secondary N) is 1. The van der Waals surface area contributed by atoms with Crippen LogP contribution in [0.15, 0.2) is 54.6 Å². The number of benzene rings is 2. The van der Waals surface area contributed by atoms with E-state index in [-0.39, 0.29) is 12.5 Å². The maximum absolute atomic E-state index is 12.9. The third-order valence-corrected chi connectivity index (χ3v) is 4.00. The molecule has 1 heterocycles. The molecule has 2 atom stereocenters. The molecular formula is C18H17FN2O3. The smallest absolute Gasteiger partial charge is 0.324 e. The van der Waals surface area contributed by atoms with Crippen LogP contribution in [0.1, 0.15) is 17.2 Å². The fraction of sp³-hybridized carbons (Fsp3) is 0.222. The lowest BCUT2D eigenvalue weighted by Gasteiger charge is -2.18. The second-order valence-corrected chi connectivity index (χ2v) is 5.71. The van der Waals surface area contributed by atoms with Crippen molar-refractivity contribution in [3.05, 3.63) is 71.5 Å². The van der Waals surface area contributed by atoms with Crippen LogP contribution in [0.4, 0.5) is 9.18 Å². The van der Waals surface area contributed by atoms with Gasteiger partial charge in [-0.05, 0) is 23.3 Å². The summed E-state index contributed by atoms with van der Waals surface area (Å²) in [5.74, 6) is -0.783. The third-order valence-electron chi connectivity index (χ3n) is 4.00. The Labute approximate surface area is 138 Å². The van der Waals surface area contributed by atoms with E-state index in [0.717, 1.165) is 10.5 Å². The molecule has 0 spiro atoms. The summed E-state index contributed by atoms with van der Waals surface area (Å²) < 4.78 is 12.9. The van der Waals surface area contributed by atoms with Crippen molar-refractivity contribution in [3.8, 4) is 0 Å². The highest BCUT2D eigenvalue weighted by atomic mass is 19.1. The number of nitrogens with zero attached hydrogens (tertiary/aromatic N) is 1. The monoisotopic (exact) mass is 328 g/mol. The molecule has 2 aromatic rings. The maximum atomic E-state index is 12.9. The molecule has 0 bridgehead atoms. The number of rotatable bonds is 5. The number of β-amino-alcohol motifs (C(OH)–C–C–N with tert-alkyl or cyclic N) is 1. The van der Waals surface area contributed by atoms with E-state index in [1.54, 1.807) is 0 Å². The molecule has 1 saturated heterocycles. The molecule has 24 heavy (non-hydrogen) atoms. The van der Waals surface area contributed by atoms with Crippen LogP contribution in [0.25, 0.3) is 0 Å². The second-order valence-electron chi connectivity index (χ2n) is 5.71. The van der Waals surface area contributed by atoms with E-state index in [1.165, 1.54) is 24.3 Å². The molecule has 3 amide bonds. The Morgan fingerprint density at radius 2 is 1.75 bits per heavy atom. The Kier molecular flexibility index (Phi) is 4.57. The van der Waals surface area contributed by atoms with Crippen LogP contribution in [0.5, 0.6) is 0 Å². The first-order chi connectivity index (χ1) is 11.5. The van der Waals surface area contributed by atoms with E-state index < -0.39 is 24.0 Å². The van der Waals surface area contributed by atoms with E-state index in [4.69, 9.17) is 0 Å². The number of carbonyl (C=O) groups is 2. The van der Waals surface area contributed by atoms with Crippen molar-refractivity contribution in [2.24, 2.45) is 0 Å². The second kappa shape index (κ2) is 6.80. The SMILES string of the molecule is O=C1NC(Cc2ccccc2)C(=O)N1CC(O)c1ccc(F)cc1. The molecule has 0 radical (unpaired) electrons. The maximum Gasteiger partial charge on any atom is 0.324 e. The molecule has 2 N–H and O–H groups in total. The molecule has 6 heteroatoms. The molecule has 0 saturated carbocycles. The van der Waals surface area contributed by atoms with Gasteiger partial charge in [-0.25, -0.2) is 9.18 Å². The largest absolute Gasteiger partial charge is 0.387 e. The van der Waals surface area contributed by atoms with Gasteiger partial charge in [0.1, 0.15) is 11.9 Å². The number of aliphatic hydroxyl groups excluding tert-OH is 1. The zero-order chi connectivity index (χ0) is 17.1. The lowest BCUT2D eigenvalue weighted by molar-refractivity contribution is -0.128. The van der Waals surface area contributed by atoms with Crippen molar-refractivity contribution < 1.29 is 19.1 Å². The Bertz CT molecular complexity index is 734. The third kappa shape index (κ3) is 3.44. The van der Waals surface area contributed by atoms with Crippen molar-refractivity contribution in [2.45, 2.75) is 18.6 Å². The molecule has 1 aliphatic rings. The zero-order valence-electron chi connectivity index (χ0n) is 12.9. The molecule has 2 unspecified atom stereocenters. The Morgan fingerprint density at radius 1 is 1.08 bits per heavy atom. The number of urea groups is 1. The Hall–Kier alpha value is -2.73. The summed E-state index contributed by atoms with van der Waals surface area (Å²) in [5, 5.41) is 12.8. The van der Waals surface area contributed by atoms with E-state index in [9.17, 15) is 19.1 Å². The van der Waals surface area contributed by atoms with Gasteiger partial charge >= 0.3 is 6.03 Å². The summed E-state index contributed by atoms with van der Waals surface area (Å²) in [4.78, 5) is 25.4. The molecule has 2 aromatic carbocycles. The molecular weight excluding hydrogens is 311 g/mol. The number of imide groups is 1. The number of amides is 3. The minimum atomic E-state index is -1.06.